The van der Waals surface area contributed by atoms with E-state index in [-0.39, 0.29) is 18.2 Å². The monoisotopic (exact) mass is 219 g/mol. The number of amides is 2. The molecule has 2 amide bonds. The van der Waals surface area contributed by atoms with Crippen LogP contribution >= 0.6 is 0 Å². The van der Waals surface area contributed by atoms with E-state index in [1.165, 1.54) is 0 Å². The van der Waals surface area contributed by atoms with Crippen LogP contribution in [0.5, 0.6) is 0 Å². The fraction of sp³-hybridized carbons (Fsp3) is 0.364. The lowest BCUT2D eigenvalue weighted by atomic mass is 10.1. The van der Waals surface area contributed by atoms with E-state index in [2.05, 4.69) is 4.98 Å². The number of nitrogens with two attached hydrogens (primary N) is 1. The number of rotatable bonds is 2. The van der Waals surface area contributed by atoms with E-state index >= 15 is 0 Å². The predicted octanol–water partition coefficient (Wildman–Crippen LogP) is 0.228. The van der Waals surface area contributed by atoms with Crippen molar-refractivity contribution in [3.8, 4) is 0 Å². The number of hydrogen-bond acceptors (Lipinski definition) is 3. The molecule has 5 nitrogen and oxygen atoms in total. The summed E-state index contributed by atoms with van der Waals surface area (Å²) in [5, 5.41) is 0. The third kappa shape index (κ3) is 1.76. The maximum atomic E-state index is 11.7. The fourth-order valence-corrected chi connectivity index (χ4v) is 1.89. The van der Waals surface area contributed by atoms with Crippen molar-refractivity contribution in [1.82, 2.24) is 4.98 Å². The van der Waals surface area contributed by atoms with Crippen LogP contribution in [-0.2, 0) is 9.59 Å². The van der Waals surface area contributed by atoms with Crippen LogP contribution < -0.4 is 10.6 Å². The summed E-state index contributed by atoms with van der Waals surface area (Å²) in [7, 11) is 0. The molecular weight excluding hydrogens is 206 g/mol. The van der Waals surface area contributed by atoms with Crippen LogP contribution in [0, 0.1) is 12.8 Å². The Morgan fingerprint density at radius 2 is 2.38 bits per heavy atom. The van der Waals surface area contributed by atoms with E-state index in [9.17, 15) is 9.59 Å². The van der Waals surface area contributed by atoms with Crippen molar-refractivity contribution in [3.05, 3.63) is 24.0 Å². The normalized spacial score (nSPS) is 20.2. The summed E-state index contributed by atoms with van der Waals surface area (Å²) in [5.74, 6) is -0.871. The number of carbonyl (C=O) groups excluding carboxylic acids is 2. The van der Waals surface area contributed by atoms with Gasteiger partial charge in [-0.15, -0.1) is 0 Å². The van der Waals surface area contributed by atoms with Crippen molar-refractivity contribution in [2.75, 3.05) is 11.4 Å². The lowest BCUT2D eigenvalue weighted by Gasteiger charge is -2.17. The van der Waals surface area contributed by atoms with Crippen molar-refractivity contribution in [1.29, 1.82) is 0 Å². The Bertz CT molecular complexity index is 445. The molecule has 0 aliphatic carbocycles. The van der Waals surface area contributed by atoms with E-state index in [1.54, 1.807) is 17.2 Å². The fourth-order valence-electron chi connectivity index (χ4n) is 1.89. The molecule has 1 aromatic heterocycles. The van der Waals surface area contributed by atoms with Gasteiger partial charge in [0.1, 0.15) is 0 Å². The van der Waals surface area contributed by atoms with Gasteiger partial charge in [0.15, 0.2) is 0 Å². The minimum atomic E-state index is -0.419. The molecule has 2 N–H and O–H groups in total. The maximum Gasteiger partial charge on any atom is 0.227 e. The Morgan fingerprint density at radius 3 is 2.94 bits per heavy atom. The highest BCUT2D eigenvalue weighted by atomic mass is 16.2. The van der Waals surface area contributed by atoms with Crippen LogP contribution in [0.4, 0.5) is 5.69 Å². The first-order chi connectivity index (χ1) is 7.59. The van der Waals surface area contributed by atoms with Crippen molar-refractivity contribution >= 4 is 17.5 Å². The Labute approximate surface area is 93.3 Å². The van der Waals surface area contributed by atoms with Crippen molar-refractivity contribution in [2.45, 2.75) is 13.3 Å². The van der Waals surface area contributed by atoms with E-state index in [0.29, 0.717) is 6.54 Å². The molecule has 1 atom stereocenters. The molecule has 0 bridgehead atoms. The molecular formula is C11H13N3O2. The molecule has 0 spiro atoms. The second kappa shape index (κ2) is 3.92. The Kier molecular flexibility index (Phi) is 2.60. The summed E-state index contributed by atoms with van der Waals surface area (Å²) < 4.78 is 0. The van der Waals surface area contributed by atoms with Gasteiger partial charge in [-0.05, 0) is 19.1 Å². The van der Waals surface area contributed by atoms with Gasteiger partial charge < -0.3 is 10.6 Å². The molecule has 1 aliphatic rings. The zero-order valence-electron chi connectivity index (χ0n) is 9.01. The molecule has 0 aromatic carbocycles. The van der Waals surface area contributed by atoms with Crippen LogP contribution in [-0.4, -0.2) is 23.3 Å². The van der Waals surface area contributed by atoms with E-state index < -0.39 is 5.91 Å². The van der Waals surface area contributed by atoms with Crippen molar-refractivity contribution in [2.24, 2.45) is 11.7 Å². The summed E-state index contributed by atoms with van der Waals surface area (Å²) in [5.41, 5.74) is 6.74. The SMILES string of the molecule is Cc1ncccc1N1CC(C(N)=O)CC1=O. The van der Waals surface area contributed by atoms with Crippen molar-refractivity contribution in [3.63, 3.8) is 0 Å². The van der Waals surface area contributed by atoms with E-state index in [0.717, 1.165) is 11.4 Å². The number of hydrogen-bond donors (Lipinski definition) is 1. The highest BCUT2D eigenvalue weighted by molar-refractivity contribution is 6.00. The Morgan fingerprint density at radius 1 is 1.62 bits per heavy atom. The minimum absolute atomic E-state index is 0.0695. The van der Waals surface area contributed by atoms with Crippen LogP contribution in [0.15, 0.2) is 18.3 Å². The third-order valence-electron chi connectivity index (χ3n) is 2.80. The summed E-state index contributed by atoms with van der Waals surface area (Å²) in [4.78, 5) is 28.5. The Hall–Kier alpha value is -1.91. The molecule has 1 aromatic rings. The molecule has 16 heavy (non-hydrogen) atoms. The minimum Gasteiger partial charge on any atom is -0.369 e. The summed E-state index contributed by atoms with van der Waals surface area (Å²) in [6.07, 6.45) is 1.87. The summed E-state index contributed by atoms with van der Waals surface area (Å²) in [6, 6.07) is 3.59. The average Bonchev–Trinajstić information content (AvgIpc) is 2.61. The zero-order chi connectivity index (χ0) is 11.7. The topological polar surface area (TPSA) is 76.3 Å². The maximum absolute atomic E-state index is 11.7. The molecule has 0 saturated carbocycles. The predicted molar refractivity (Wildman–Crippen MR) is 58.6 cm³/mol. The summed E-state index contributed by atoms with van der Waals surface area (Å²) >= 11 is 0. The number of aromatic nitrogens is 1. The van der Waals surface area contributed by atoms with Gasteiger partial charge >= 0.3 is 0 Å². The lowest BCUT2D eigenvalue weighted by molar-refractivity contribution is -0.123. The number of aryl methyl sites for hydroxylation is 1. The number of carbonyl (C=O) groups is 2. The van der Waals surface area contributed by atoms with Gasteiger partial charge in [-0.2, -0.15) is 0 Å². The largest absolute Gasteiger partial charge is 0.369 e. The second-order valence-corrected chi connectivity index (χ2v) is 3.92. The molecule has 5 heteroatoms. The number of pyridine rings is 1. The quantitative estimate of drug-likeness (QED) is 0.773. The number of primary amides is 1. The van der Waals surface area contributed by atoms with Gasteiger partial charge in [0.05, 0.1) is 17.3 Å². The highest BCUT2D eigenvalue weighted by Gasteiger charge is 2.34. The second-order valence-electron chi connectivity index (χ2n) is 3.92. The molecule has 0 radical (unpaired) electrons. The van der Waals surface area contributed by atoms with Gasteiger partial charge in [0, 0.05) is 19.2 Å². The molecule has 1 saturated heterocycles. The first kappa shape index (κ1) is 10.6. The van der Waals surface area contributed by atoms with Gasteiger partial charge in [0.25, 0.3) is 0 Å². The van der Waals surface area contributed by atoms with Crippen LogP contribution in [0.3, 0.4) is 0 Å². The van der Waals surface area contributed by atoms with Crippen LogP contribution in [0.2, 0.25) is 0 Å². The molecule has 2 rings (SSSR count). The molecule has 1 unspecified atom stereocenters. The smallest absolute Gasteiger partial charge is 0.227 e. The van der Waals surface area contributed by atoms with E-state index in [1.807, 2.05) is 13.0 Å². The van der Waals surface area contributed by atoms with E-state index in [4.69, 9.17) is 5.73 Å². The van der Waals surface area contributed by atoms with Gasteiger partial charge in [-0.3, -0.25) is 14.6 Å². The molecule has 1 fully saturated rings. The van der Waals surface area contributed by atoms with Crippen LogP contribution in [0.1, 0.15) is 12.1 Å². The molecule has 2 heterocycles. The number of nitrogens with zero attached hydrogens (tertiary/aromatic N) is 2. The Balaban J connectivity index is 2.27. The highest BCUT2D eigenvalue weighted by Crippen LogP contribution is 2.26. The van der Waals surface area contributed by atoms with Crippen LogP contribution in [0.25, 0.3) is 0 Å². The molecule has 84 valence electrons. The zero-order valence-corrected chi connectivity index (χ0v) is 9.01. The van der Waals surface area contributed by atoms with Gasteiger partial charge in [0.2, 0.25) is 11.8 Å². The van der Waals surface area contributed by atoms with Crippen molar-refractivity contribution < 1.29 is 9.59 Å². The van der Waals surface area contributed by atoms with Gasteiger partial charge in [-0.25, -0.2) is 0 Å². The molecule has 1 aliphatic heterocycles. The summed E-state index contributed by atoms with van der Waals surface area (Å²) in [6.45, 7) is 2.20. The van der Waals surface area contributed by atoms with Gasteiger partial charge in [-0.1, -0.05) is 0 Å². The standard InChI is InChI=1S/C11H13N3O2/c1-7-9(3-2-4-13-7)14-6-8(11(12)16)5-10(14)15/h2-4,8H,5-6H2,1H3,(H2,12,16). The average molecular weight is 219 g/mol. The first-order valence-corrected chi connectivity index (χ1v) is 5.11. The number of anilines is 1. The third-order valence-corrected chi connectivity index (χ3v) is 2.80. The first-order valence-electron chi connectivity index (χ1n) is 5.11. The lowest BCUT2D eigenvalue weighted by Crippen LogP contribution is -2.28.